The molecular formula is C8H12. The third-order valence-corrected chi connectivity index (χ3v) is 2.18. The van der Waals surface area contributed by atoms with Crippen LogP contribution in [0.5, 0.6) is 0 Å². The second-order valence-corrected chi connectivity index (χ2v) is 2.96. The lowest BCUT2D eigenvalue weighted by molar-refractivity contribution is 0.464. The van der Waals surface area contributed by atoms with Gasteiger partial charge in [-0.05, 0) is 18.8 Å². The summed E-state index contributed by atoms with van der Waals surface area (Å²) in [6.07, 6.45) is 7.82. The maximum Gasteiger partial charge on any atom is 0.0336 e. The first-order valence-electron chi connectivity index (χ1n) is 3.19. The van der Waals surface area contributed by atoms with E-state index in [-0.39, 0.29) is 0 Å². The van der Waals surface area contributed by atoms with Crippen molar-refractivity contribution < 1.29 is 0 Å². The summed E-state index contributed by atoms with van der Waals surface area (Å²) in [7, 11) is 0. The summed E-state index contributed by atoms with van der Waals surface area (Å²) in [4.78, 5) is 0. The van der Waals surface area contributed by atoms with E-state index in [2.05, 4.69) is 19.8 Å². The normalized spacial score (nSPS) is 22.8. The van der Waals surface area contributed by atoms with Gasteiger partial charge in [0.2, 0.25) is 0 Å². The molecule has 0 amide bonds. The molecule has 0 aromatic rings. The monoisotopic (exact) mass is 108 g/mol. The Morgan fingerprint density at radius 3 is 2.00 bits per heavy atom. The van der Waals surface area contributed by atoms with Crippen LogP contribution in [-0.2, 0) is 0 Å². The summed E-state index contributed by atoms with van der Waals surface area (Å²) in [5.74, 6) is 3.54. The first-order chi connectivity index (χ1) is 3.71. The molecule has 0 aromatic heterocycles. The predicted molar refractivity (Wildman–Crippen MR) is 35.3 cm³/mol. The predicted octanol–water partition coefficient (Wildman–Crippen LogP) is 2.06. The fourth-order valence-electron chi connectivity index (χ4n) is 1.02. The fourth-order valence-corrected chi connectivity index (χ4v) is 1.02. The second-order valence-electron chi connectivity index (χ2n) is 2.96. The lowest BCUT2D eigenvalue weighted by atomic mass is 9.94. The molecule has 1 aliphatic carbocycles. The highest BCUT2D eigenvalue weighted by Gasteiger charge is 2.43. The summed E-state index contributed by atoms with van der Waals surface area (Å²) >= 11 is 0. The van der Waals surface area contributed by atoms with Crippen molar-refractivity contribution in [2.24, 2.45) is 11.3 Å². The van der Waals surface area contributed by atoms with Crippen molar-refractivity contribution in [3.8, 4) is 12.3 Å². The van der Waals surface area contributed by atoms with Gasteiger partial charge in [-0.2, -0.15) is 0 Å². The number of terminal acetylenes is 1. The molecule has 0 aliphatic heterocycles. The topological polar surface area (TPSA) is 0 Å². The Kier molecular flexibility index (Phi) is 1.08. The van der Waals surface area contributed by atoms with Crippen molar-refractivity contribution in [1.82, 2.24) is 0 Å². The number of hydrogen-bond donors (Lipinski definition) is 0. The van der Waals surface area contributed by atoms with E-state index < -0.39 is 0 Å². The van der Waals surface area contributed by atoms with Crippen LogP contribution in [0.2, 0.25) is 0 Å². The minimum Gasteiger partial charge on any atom is -0.120 e. The van der Waals surface area contributed by atoms with E-state index in [1.165, 1.54) is 12.8 Å². The number of rotatable bonds is 1. The van der Waals surface area contributed by atoms with Crippen LogP contribution in [0.1, 0.15) is 26.7 Å². The minimum absolute atomic E-state index is 0.319. The zero-order chi connectivity index (χ0) is 6.20. The molecule has 0 spiro atoms. The van der Waals surface area contributed by atoms with Crippen LogP contribution >= 0.6 is 0 Å². The van der Waals surface area contributed by atoms with Gasteiger partial charge in [-0.15, -0.1) is 6.42 Å². The van der Waals surface area contributed by atoms with Gasteiger partial charge in [0.1, 0.15) is 0 Å². The molecule has 0 N–H and O–H groups in total. The summed E-state index contributed by atoms with van der Waals surface area (Å²) in [6, 6.07) is 0. The van der Waals surface area contributed by atoms with Crippen molar-refractivity contribution in [3.05, 3.63) is 0 Å². The average molecular weight is 108 g/mol. The van der Waals surface area contributed by atoms with E-state index >= 15 is 0 Å². The van der Waals surface area contributed by atoms with Crippen molar-refractivity contribution in [2.75, 3.05) is 0 Å². The van der Waals surface area contributed by atoms with Gasteiger partial charge < -0.3 is 0 Å². The Morgan fingerprint density at radius 1 is 1.50 bits per heavy atom. The van der Waals surface area contributed by atoms with Gasteiger partial charge >= 0.3 is 0 Å². The summed E-state index contributed by atoms with van der Waals surface area (Å²) in [5.41, 5.74) is 0.319. The maximum atomic E-state index is 5.32. The van der Waals surface area contributed by atoms with Gasteiger partial charge in [0.05, 0.1) is 0 Å². The summed E-state index contributed by atoms with van der Waals surface area (Å²) in [6.45, 7) is 4.40. The smallest absolute Gasteiger partial charge is 0.0336 e. The molecular weight excluding hydrogens is 96.1 g/mol. The molecule has 0 aromatic carbocycles. The largest absolute Gasteiger partial charge is 0.120 e. The molecule has 0 heterocycles. The molecule has 0 heteroatoms. The maximum absolute atomic E-state index is 5.32. The molecule has 0 unspecified atom stereocenters. The van der Waals surface area contributed by atoms with Crippen LogP contribution in [-0.4, -0.2) is 0 Å². The van der Waals surface area contributed by atoms with Crippen LogP contribution in [0.15, 0.2) is 0 Å². The molecule has 1 aliphatic rings. The Morgan fingerprint density at radius 2 is 2.00 bits per heavy atom. The van der Waals surface area contributed by atoms with Gasteiger partial charge in [-0.25, -0.2) is 0 Å². The van der Waals surface area contributed by atoms with Gasteiger partial charge in [0.15, 0.2) is 0 Å². The van der Waals surface area contributed by atoms with Crippen molar-refractivity contribution in [3.63, 3.8) is 0 Å². The first-order valence-corrected chi connectivity index (χ1v) is 3.19. The fraction of sp³-hybridized carbons (Fsp3) is 0.750. The van der Waals surface area contributed by atoms with Gasteiger partial charge in [-0.3, -0.25) is 0 Å². The van der Waals surface area contributed by atoms with Crippen molar-refractivity contribution in [1.29, 1.82) is 0 Å². The SMILES string of the molecule is C#CC1(C(C)C)CC1. The highest BCUT2D eigenvalue weighted by molar-refractivity contribution is 5.16. The Hall–Kier alpha value is -0.440. The van der Waals surface area contributed by atoms with Gasteiger partial charge in [-0.1, -0.05) is 19.8 Å². The van der Waals surface area contributed by atoms with Crippen LogP contribution < -0.4 is 0 Å². The molecule has 0 radical (unpaired) electrons. The van der Waals surface area contributed by atoms with Gasteiger partial charge in [0, 0.05) is 5.41 Å². The third-order valence-electron chi connectivity index (χ3n) is 2.18. The molecule has 0 atom stereocenters. The molecule has 8 heavy (non-hydrogen) atoms. The highest BCUT2D eigenvalue weighted by atomic mass is 14.5. The van der Waals surface area contributed by atoms with Crippen LogP contribution in [0.3, 0.4) is 0 Å². The average Bonchev–Trinajstić information content (AvgIpc) is 2.44. The van der Waals surface area contributed by atoms with E-state index in [9.17, 15) is 0 Å². The second kappa shape index (κ2) is 1.52. The number of hydrogen-bond acceptors (Lipinski definition) is 0. The van der Waals surface area contributed by atoms with Gasteiger partial charge in [0.25, 0.3) is 0 Å². The van der Waals surface area contributed by atoms with Crippen LogP contribution in [0.25, 0.3) is 0 Å². The highest BCUT2D eigenvalue weighted by Crippen LogP contribution is 2.50. The first kappa shape index (κ1) is 5.69. The standard InChI is InChI=1S/C8H12/c1-4-8(5-6-8)7(2)3/h1,7H,5-6H2,2-3H3. The Balaban J connectivity index is 2.57. The zero-order valence-electron chi connectivity index (χ0n) is 5.57. The summed E-state index contributed by atoms with van der Waals surface area (Å²) in [5, 5.41) is 0. The minimum atomic E-state index is 0.319. The zero-order valence-corrected chi connectivity index (χ0v) is 5.57. The van der Waals surface area contributed by atoms with Crippen molar-refractivity contribution in [2.45, 2.75) is 26.7 Å². The third kappa shape index (κ3) is 0.629. The van der Waals surface area contributed by atoms with E-state index in [0.717, 1.165) is 0 Å². The van der Waals surface area contributed by atoms with E-state index in [0.29, 0.717) is 11.3 Å². The van der Waals surface area contributed by atoms with Crippen LogP contribution in [0, 0.1) is 23.7 Å². The molecule has 0 saturated heterocycles. The Labute approximate surface area is 51.3 Å². The molecule has 1 fully saturated rings. The quantitative estimate of drug-likeness (QED) is 0.451. The Bertz CT molecular complexity index is 121. The summed E-state index contributed by atoms with van der Waals surface area (Å²) < 4.78 is 0. The van der Waals surface area contributed by atoms with E-state index in [1.54, 1.807) is 0 Å². The van der Waals surface area contributed by atoms with E-state index in [1.807, 2.05) is 0 Å². The molecule has 1 saturated carbocycles. The molecule has 0 nitrogen and oxygen atoms in total. The molecule has 1 rings (SSSR count). The lowest BCUT2D eigenvalue weighted by Gasteiger charge is -2.09. The molecule has 0 bridgehead atoms. The van der Waals surface area contributed by atoms with E-state index in [4.69, 9.17) is 6.42 Å². The molecule has 44 valence electrons. The van der Waals surface area contributed by atoms with Crippen LogP contribution in [0.4, 0.5) is 0 Å². The van der Waals surface area contributed by atoms with Crippen molar-refractivity contribution >= 4 is 0 Å². The lowest BCUT2D eigenvalue weighted by Crippen LogP contribution is -2.04.